The summed E-state index contributed by atoms with van der Waals surface area (Å²) in [7, 11) is -0.465. The molecule has 0 aromatic carbocycles. The molecule has 1 aliphatic rings. The summed E-state index contributed by atoms with van der Waals surface area (Å²) in [6.07, 6.45) is 2.89. The fourth-order valence-electron chi connectivity index (χ4n) is 2.04. The molecule has 1 aliphatic heterocycles. The van der Waals surface area contributed by atoms with Gasteiger partial charge in [0.1, 0.15) is 6.29 Å². The van der Waals surface area contributed by atoms with Crippen LogP contribution in [0.25, 0.3) is 0 Å². The van der Waals surface area contributed by atoms with Crippen LogP contribution in [0, 0.1) is 6.92 Å². The third kappa shape index (κ3) is 2.58. The van der Waals surface area contributed by atoms with Gasteiger partial charge in [0.05, 0.1) is 11.2 Å². The summed E-state index contributed by atoms with van der Waals surface area (Å²) in [5.74, 6) is 0. The standard InChI is InChI=1S/C14H20BNO3/c1-10-8-11(12(6-7-17)16-9-10)15-18-13(2,3)14(4,5)19-15/h7-9H,6H2,1-5H3. The van der Waals surface area contributed by atoms with Gasteiger partial charge >= 0.3 is 7.12 Å². The maximum atomic E-state index is 10.8. The van der Waals surface area contributed by atoms with Crippen molar-refractivity contribution in [3.8, 4) is 0 Å². The molecule has 0 saturated carbocycles. The summed E-state index contributed by atoms with van der Waals surface area (Å²) in [5.41, 5.74) is 1.82. The molecule has 0 spiro atoms. The van der Waals surface area contributed by atoms with Gasteiger partial charge < -0.3 is 14.1 Å². The first-order valence-electron chi connectivity index (χ1n) is 6.51. The van der Waals surface area contributed by atoms with E-state index < -0.39 is 7.12 Å². The highest BCUT2D eigenvalue weighted by Gasteiger charge is 2.52. The first-order valence-corrected chi connectivity index (χ1v) is 6.51. The summed E-state index contributed by atoms with van der Waals surface area (Å²) in [6.45, 7) is 10.0. The normalized spacial score (nSPS) is 20.6. The average Bonchev–Trinajstić information content (AvgIpc) is 2.51. The molecule has 0 atom stereocenters. The molecule has 5 heteroatoms. The van der Waals surface area contributed by atoms with Gasteiger partial charge in [0.2, 0.25) is 0 Å². The van der Waals surface area contributed by atoms with E-state index in [0.717, 1.165) is 23.0 Å². The maximum Gasteiger partial charge on any atom is 0.496 e. The second kappa shape index (κ2) is 4.73. The minimum Gasteiger partial charge on any atom is -0.399 e. The van der Waals surface area contributed by atoms with Gasteiger partial charge in [0.15, 0.2) is 0 Å². The Morgan fingerprint density at radius 1 is 1.26 bits per heavy atom. The molecule has 1 aromatic heterocycles. The van der Waals surface area contributed by atoms with Crippen molar-refractivity contribution in [2.75, 3.05) is 0 Å². The lowest BCUT2D eigenvalue weighted by Gasteiger charge is -2.32. The number of nitrogens with zero attached hydrogens (tertiary/aromatic N) is 1. The molecule has 2 rings (SSSR count). The Hall–Kier alpha value is -1.20. The number of aldehydes is 1. The summed E-state index contributed by atoms with van der Waals surface area (Å²) < 4.78 is 12.0. The van der Waals surface area contributed by atoms with E-state index in [1.807, 2.05) is 40.7 Å². The van der Waals surface area contributed by atoms with Gasteiger partial charge in [0, 0.05) is 23.8 Å². The van der Waals surface area contributed by atoms with Crippen molar-refractivity contribution in [1.29, 1.82) is 0 Å². The molecular weight excluding hydrogens is 241 g/mol. The minimum absolute atomic E-state index is 0.277. The SMILES string of the molecule is Cc1cnc(CC=O)c(B2OC(C)(C)C(C)(C)O2)c1. The second-order valence-corrected chi connectivity index (χ2v) is 6.01. The fourth-order valence-corrected chi connectivity index (χ4v) is 2.04. The first kappa shape index (κ1) is 14.2. The number of rotatable bonds is 3. The van der Waals surface area contributed by atoms with E-state index in [1.54, 1.807) is 6.20 Å². The zero-order valence-electron chi connectivity index (χ0n) is 12.2. The number of carbonyl (C=O) groups excluding carboxylic acids is 1. The summed E-state index contributed by atoms with van der Waals surface area (Å²) in [4.78, 5) is 15.1. The van der Waals surface area contributed by atoms with E-state index in [0.29, 0.717) is 0 Å². The molecule has 4 nitrogen and oxygen atoms in total. The van der Waals surface area contributed by atoms with Crippen molar-refractivity contribution < 1.29 is 14.1 Å². The van der Waals surface area contributed by atoms with Crippen LogP contribution < -0.4 is 5.46 Å². The van der Waals surface area contributed by atoms with Gasteiger partial charge in [-0.2, -0.15) is 0 Å². The molecule has 0 amide bonds. The Labute approximate surface area is 114 Å². The van der Waals surface area contributed by atoms with Crippen LogP contribution in [0.1, 0.15) is 39.0 Å². The average molecular weight is 261 g/mol. The monoisotopic (exact) mass is 261 g/mol. The number of hydrogen-bond acceptors (Lipinski definition) is 4. The number of aromatic nitrogens is 1. The minimum atomic E-state index is -0.465. The van der Waals surface area contributed by atoms with Crippen LogP contribution in [-0.4, -0.2) is 29.6 Å². The highest BCUT2D eigenvalue weighted by molar-refractivity contribution is 6.62. The largest absolute Gasteiger partial charge is 0.496 e. The van der Waals surface area contributed by atoms with E-state index in [-0.39, 0.29) is 17.6 Å². The highest BCUT2D eigenvalue weighted by atomic mass is 16.7. The number of hydrogen-bond donors (Lipinski definition) is 0. The van der Waals surface area contributed by atoms with Crippen LogP contribution in [0.2, 0.25) is 0 Å². The number of carbonyl (C=O) groups is 1. The van der Waals surface area contributed by atoms with E-state index in [1.165, 1.54) is 0 Å². The van der Waals surface area contributed by atoms with Gasteiger partial charge in [-0.05, 0) is 40.2 Å². The predicted octanol–water partition coefficient (Wildman–Crippen LogP) is 1.43. The number of pyridine rings is 1. The highest BCUT2D eigenvalue weighted by Crippen LogP contribution is 2.36. The number of aryl methyl sites for hydroxylation is 1. The molecule has 2 heterocycles. The van der Waals surface area contributed by atoms with Crippen LogP contribution in [0.3, 0.4) is 0 Å². The molecule has 0 unspecified atom stereocenters. The van der Waals surface area contributed by atoms with Crippen molar-refractivity contribution in [1.82, 2.24) is 4.98 Å². The van der Waals surface area contributed by atoms with Crippen LogP contribution in [-0.2, 0) is 20.5 Å². The molecule has 0 aliphatic carbocycles. The molecular formula is C14H20BNO3. The molecule has 19 heavy (non-hydrogen) atoms. The molecule has 0 bridgehead atoms. The van der Waals surface area contributed by atoms with Gasteiger partial charge in [-0.15, -0.1) is 0 Å². The third-order valence-electron chi connectivity index (χ3n) is 3.92. The Morgan fingerprint density at radius 2 is 1.84 bits per heavy atom. The Bertz CT molecular complexity index is 483. The van der Waals surface area contributed by atoms with Crippen molar-refractivity contribution in [3.63, 3.8) is 0 Å². The molecule has 1 fully saturated rings. The lowest BCUT2D eigenvalue weighted by Crippen LogP contribution is -2.41. The van der Waals surface area contributed by atoms with Crippen molar-refractivity contribution in [3.05, 3.63) is 23.5 Å². The third-order valence-corrected chi connectivity index (χ3v) is 3.92. The fraction of sp³-hybridized carbons (Fsp3) is 0.571. The topological polar surface area (TPSA) is 48.4 Å². The lowest BCUT2D eigenvalue weighted by atomic mass is 9.76. The van der Waals surface area contributed by atoms with E-state index in [9.17, 15) is 4.79 Å². The van der Waals surface area contributed by atoms with Gasteiger partial charge in [-0.3, -0.25) is 4.98 Å². The molecule has 1 saturated heterocycles. The Kier molecular flexibility index (Phi) is 3.54. The van der Waals surface area contributed by atoms with Crippen LogP contribution in [0.4, 0.5) is 0 Å². The van der Waals surface area contributed by atoms with Crippen molar-refractivity contribution in [2.45, 2.75) is 52.2 Å². The van der Waals surface area contributed by atoms with Crippen LogP contribution in [0.5, 0.6) is 0 Å². The zero-order valence-corrected chi connectivity index (χ0v) is 12.2. The van der Waals surface area contributed by atoms with Gasteiger partial charge in [0.25, 0.3) is 0 Å². The summed E-state index contributed by atoms with van der Waals surface area (Å²) in [5, 5.41) is 0. The van der Waals surface area contributed by atoms with Crippen molar-refractivity contribution >= 4 is 18.9 Å². The predicted molar refractivity (Wildman–Crippen MR) is 74.5 cm³/mol. The molecule has 0 N–H and O–H groups in total. The Balaban J connectivity index is 2.38. The summed E-state index contributed by atoms with van der Waals surface area (Å²) >= 11 is 0. The van der Waals surface area contributed by atoms with E-state index in [2.05, 4.69) is 4.98 Å². The molecule has 0 radical (unpaired) electrons. The van der Waals surface area contributed by atoms with Crippen molar-refractivity contribution in [2.24, 2.45) is 0 Å². The molecule has 102 valence electrons. The smallest absolute Gasteiger partial charge is 0.399 e. The maximum absolute atomic E-state index is 10.8. The van der Waals surface area contributed by atoms with Crippen LogP contribution in [0.15, 0.2) is 12.3 Å². The second-order valence-electron chi connectivity index (χ2n) is 6.01. The van der Waals surface area contributed by atoms with Crippen LogP contribution >= 0.6 is 0 Å². The summed E-state index contributed by atoms with van der Waals surface area (Å²) in [6, 6.07) is 1.98. The van der Waals surface area contributed by atoms with E-state index >= 15 is 0 Å². The Morgan fingerprint density at radius 3 is 2.37 bits per heavy atom. The van der Waals surface area contributed by atoms with Gasteiger partial charge in [-0.1, -0.05) is 6.07 Å². The quantitative estimate of drug-likeness (QED) is 0.610. The van der Waals surface area contributed by atoms with Gasteiger partial charge in [-0.25, -0.2) is 0 Å². The zero-order chi connectivity index (χ0) is 14.3. The van der Waals surface area contributed by atoms with E-state index in [4.69, 9.17) is 9.31 Å². The lowest BCUT2D eigenvalue weighted by molar-refractivity contribution is -0.107. The molecule has 1 aromatic rings. The first-order chi connectivity index (χ1) is 8.77.